The zero-order chi connectivity index (χ0) is 31.1. The molecular weight excluding hydrogens is 568 g/mol. The summed E-state index contributed by atoms with van der Waals surface area (Å²) in [4.78, 5) is 41.0. The molecule has 2 heterocycles. The number of hydrogen-bond donors (Lipinski definition) is 2. The van der Waals surface area contributed by atoms with Crippen LogP contribution in [0.4, 0.5) is 23.4 Å². The number of fused-ring (bicyclic) bond motifs is 1. The molecule has 0 unspecified atom stereocenters. The van der Waals surface area contributed by atoms with Gasteiger partial charge in [0.15, 0.2) is 0 Å². The molecule has 43 heavy (non-hydrogen) atoms. The number of amides is 2. The molecule has 0 fully saturated rings. The van der Waals surface area contributed by atoms with Gasteiger partial charge in [-0.1, -0.05) is 43.0 Å². The Morgan fingerprint density at radius 1 is 1.02 bits per heavy atom. The van der Waals surface area contributed by atoms with Crippen molar-refractivity contribution in [2.45, 2.75) is 25.1 Å². The summed E-state index contributed by atoms with van der Waals surface area (Å²) in [5, 5.41) is 17.0. The molecule has 0 bridgehead atoms. The predicted molar refractivity (Wildman–Crippen MR) is 149 cm³/mol. The van der Waals surface area contributed by atoms with E-state index in [1.54, 1.807) is 37.3 Å². The average molecular weight is 593 g/mol. The van der Waals surface area contributed by atoms with Crippen molar-refractivity contribution < 1.29 is 37.1 Å². The maximum Gasteiger partial charge on any atom is 0.416 e. The molecular formula is C31H24F4N4O4. The number of aromatic nitrogens is 2. The Kier molecular flexibility index (Phi) is 7.61. The number of nitrogens with zero attached hydrogens (tertiary/aromatic N) is 3. The van der Waals surface area contributed by atoms with E-state index in [2.05, 4.69) is 17.0 Å². The summed E-state index contributed by atoms with van der Waals surface area (Å²) in [6.07, 6.45) is -4.71. The summed E-state index contributed by atoms with van der Waals surface area (Å²) in [6.45, 7) is 5.42. The van der Waals surface area contributed by atoms with Crippen LogP contribution in [0, 0.1) is 5.82 Å². The molecule has 1 aromatic heterocycles. The molecule has 1 aliphatic heterocycles. The van der Waals surface area contributed by atoms with Gasteiger partial charge < -0.3 is 10.4 Å². The molecule has 0 spiro atoms. The number of carboxylic acid groups (broad SMARTS) is 1. The lowest BCUT2D eigenvalue weighted by molar-refractivity contribution is -0.137. The number of para-hydroxylation sites is 1. The van der Waals surface area contributed by atoms with E-state index in [0.717, 1.165) is 24.3 Å². The number of likely N-dealkylation sites (N-methyl/N-ethyl adjacent to an activating group) is 1. The largest absolute Gasteiger partial charge is 0.478 e. The first-order valence-electron chi connectivity index (χ1n) is 13.1. The van der Waals surface area contributed by atoms with Crippen molar-refractivity contribution in [3.63, 3.8) is 0 Å². The second kappa shape index (κ2) is 11.2. The monoisotopic (exact) mass is 592 g/mol. The third-order valence-electron chi connectivity index (χ3n) is 7.16. The fourth-order valence-electron chi connectivity index (χ4n) is 5.16. The third-order valence-corrected chi connectivity index (χ3v) is 7.16. The molecule has 5 rings (SSSR count). The minimum Gasteiger partial charge on any atom is -0.478 e. The van der Waals surface area contributed by atoms with E-state index in [0.29, 0.717) is 17.3 Å². The number of benzene rings is 3. The van der Waals surface area contributed by atoms with Crippen LogP contribution in [-0.2, 0) is 15.8 Å². The van der Waals surface area contributed by atoms with Gasteiger partial charge in [0, 0.05) is 23.6 Å². The Bertz CT molecular complexity index is 1730. The minimum atomic E-state index is -4.71. The number of anilines is 1. The summed E-state index contributed by atoms with van der Waals surface area (Å²) in [5.41, 5.74) is -0.821. The molecule has 1 aliphatic rings. The van der Waals surface area contributed by atoms with Gasteiger partial charge in [0.2, 0.25) is 0 Å². The number of carbonyl (C=O) groups excluding carboxylic acids is 2. The van der Waals surface area contributed by atoms with E-state index >= 15 is 0 Å². The van der Waals surface area contributed by atoms with Gasteiger partial charge in [0.1, 0.15) is 23.4 Å². The van der Waals surface area contributed by atoms with Crippen molar-refractivity contribution in [3.8, 4) is 5.69 Å². The lowest BCUT2D eigenvalue weighted by Crippen LogP contribution is -2.55. The van der Waals surface area contributed by atoms with Gasteiger partial charge in [-0.2, -0.15) is 18.3 Å². The van der Waals surface area contributed by atoms with Crippen LogP contribution in [0.25, 0.3) is 11.3 Å². The van der Waals surface area contributed by atoms with Gasteiger partial charge in [-0.25, -0.2) is 13.9 Å². The van der Waals surface area contributed by atoms with E-state index in [1.165, 1.54) is 27.8 Å². The third kappa shape index (κ3) is 5.39. The van der Waals surface area contributed by atoms with Crippen LogP contribution in [0.5, 0.6) is 0 Å². The van der Waals surface area contributed by atoms with Crippen LogP contribution in [0.1, 0.15) is 45.6 Å². The number of carboxylic acids is 1. The van der Waals surface area contributed by atoms with E-state index in [1.807, 2.05) is 0 Å². The van der Waals surface area contributed by atoms with E-state index < -0.39 is 52.9 Å². The first-order valence-corrected chi connectivity index (χ1v) is 13.1. The van der Waals surface area contributed by atoms with Crippen molar-refractivity contribution >= 4 is 29.2 Å². The van der Waals surface area contributed by atoms with Crippen LogP contribution in [0.15, 0.2) is 85.4 Å². The van der Waals surface area contributed by atoms with Crippen LogP contribution >= 0.6 is 0 Å². The first kappa shape index (κ1) is 29.2. The number of carbonyl (C=O) groups is 3. The van der Waals surface area contributed by atoms with Crippen molar-refractivity contribution in [2.75, 3.05) is 11.4 Å². The van der Waals surface area contributed by atoms with Gasteiger partial charge >= 0.3 is 12.1 Å². The van der Waals surface area contributed by atoms with Crippen molar-refractivity contribution in [1.82, 2.24) is 15.1 Å². The van der Waals surface area contributed by atoms with Crippen molar-refractivity contribution in [1.29, 1.82) is 0 Å². The summed E-state index contributed by atoms with van der Waals surface area (Å²) >= 11 is 0. The molecule has 0 aliphatic carbocycles. The highest BCUT2D eigenvalue weighted by atomic mass is 19.4. The van der Waals surface area contributed by atoms with E-state index in [-0.39, 0.29) is 29.2 Å². The summed E-state index contributed by atoms with van der Waals surface area (Å²) < 4.78 is 55.5. The molecule has 3 aromatic carbocycles. The standard InChI is InChI=1S/C31H24F4N4O4/c1-3-38-28-24(25(17(2)30(42)43)37-39(28)22-10-5-4-6-11-22)23(18-12-14-21(32)15-13-18)26(29(38)41)36-27(40)19-8-7-9-20(16-19)31(33,34)35/h4-16,23,26H,2-3H2,1H3,(H,36,40)(H,42,43)/t23-,26-/m1/s1. The van der Waals surface area contributed by atoms with E-state index in [9.17, 15) is 37.1 Å². The zero-order valence-corrected chi connectivity index (χ0v) is 22.6. The molecule has 220 valence electrons. The molecule has 0 saturated carbocycles. The summed E-state index contributed by atoms with van der Waals surface area (Å²) in [7, 11) is 0. The lowest BCUT2D eigenvalue weighted by atomic mass is 9.80. The number of aliphatic carboxylic acids is 1. The molecule has 12 heteroatoms. The van der Waals surface area contributed by atoms with Gasteiger partial charge in [-0.15, -0.1) is 0 Å². The van der Waals surface area contributed by atoms with Gasteiger partial charge in [-0.05, 0) is 55.0 Å². The van der Waals surface area contributed by atoms with Crippen LogP contribution < -0.4 is 10.2 Å². The van der Waals surface area contributed by atoms with Crippen LogP contribution in [-0.4, -0.2) is 45.3 Å². The fraction of sp³-hybridized carbons (Fsp3) is 0.161. The number of alkyl halides is 3. The first-order chi connectivity index (χ1) is 20.4. The molecule has 0 saturated heterocycles. The molecule has 2 N–H and O–H groups in total. The minimum absolute atomic E-state index is 0.0649. The normalized spacial score (nSPS) is 16.5. The summed E-state index contributed by atoms with van der Waals surface area (Å²) in [6, 6.07) is 16.0. The number of hydrogen-bond acceptors (Lipinski definition) is 4. The van der Waals surface area contributed by atoms with Crippen LogP contribution in [0.3, 0.4) is 0 Å². The number of nitrogens with one attached hydrogen (secondary N) is 1. The Hall–Kier alpha value is -5.26. The zero-order valence-electron chi connectivity index (χ0n) is 22.6. The fourth-order valence-corrected chi connectivity index (χ4v) is 5.16. The average Bonchev–Trinajstić information content (AvgIpc) is 3.37. The smallest absolute Gasteiger partial charge is 0.416 e. The predicted octanol–water partition coefficient (Wildman–Crippen LogP) is 5.43. The maximum absolute atomic E-state index is 14.1. The maximum atomic E-state index is 14.1. The molecule has 0 radical (unpaired) electrons. The second-order valence-electron chi connectivity index (χ2n) is 9.76. The van der Waals surface area contributed by atoms with Gasteiger partial charge in [0.05, 0.1) is 16.8 Å². The highest BCUT2D eigenvalue weighted by Gasteiger charge is 2.47. The number of rotatable bonds is 7. The van der Waals surface area contributed by atoms with E-state index in [4.69, 9.17) is 0 Å². The lowest BCUT2D eigenvalue weighted by Gasteiger charge is -2.38. The number of halogens is 4. The van der Waals surface area contributed by atoms with Gasteiger partial charge in [-0.3, -0.25) is 14.5 Å². The highest BCUT2D eigenvalue weighted by Crippen LogP contribution is 2.45. The van der Waals surface area contributed by atoms with Crippen molar-refractivity contribution in [2.24, 2.45) is 0 Å². The van der Waals surface area contributed by atoms with Crippen molar-refractivity contribution in [3.05, 3.63) is 119 Å². The Morgan fingerprint density at radius 2 is 1.70 bits per heavy atom. The second-order valence-corrected chi connectivity index (χ2v) is 9.76. The SMILES string of the molecule is C=C(C(=O)O)c1nn(-c2ccccc2)c2c1[C@@H](c1ccc(F)cc1)[C@@H](NC(=O)c1cccc(C(F)(F)F)c1)C(=O)N2CC. The Morgan fingerprint density at radius 3 is 2.30 bits per heavy atom. The molecule has 2 atom stereocenters. The topological polar surface area (TPSA) is 105 Å². The molecule has 4 aromatic rings. The summed E-state index contributed by atoms with van der Waals surface area (Å²) in [5.74, 6) is -4.47. The van der Waals surface area contributed by atoms with Gasteiger partial charge in [0.25, 0.3) is 11.8 Å². The molecule has 2 amide bonds. The Balaban J connectivity index is 1.74. The van der Waals surface area contributed by atoms with Crippen LogP contribution in [0.2, 0.25) is 0 Å². The highest BCUT2D eigenvalue weighted by molar-refractivity contribution is 6.15. The molecule has 8 nitrogen and oxygen atoms in total. The Labute approximate surface area is 242 Å². The quantitative estimate of drug-likeness (QED) is 0.220.